The standard InChI is InChI=1S/C16H38O9PSi2/c1-7-20-27(21-8-2,22-9-3)15-13-18-26(17)19-14-16-28(23-10-4,24-11-5)25-12-6/h7-16H2,1-6H3/q+1. The first-order valence-corrected chi connectivity index (χ1v) is 15.0. The zero-order valence-corrected chi connectivity index (χ0v) is 21.1. The van der Waals surface area contributed by atoms with Crippen LogP contribution in [0.2, 0.25) is 12.1 Å². The summed E-state index contributed by atoms with van der Waals surface area (Å²) in [4.78, 5) is 0. The van der Waals surface area contributed by atoms with E-state index in [9.17, 15) is 4.57 Å². The molecule has 0 saturated heterocycles. The average molecular weight is 462 g/mol. The van der Waals surface area contributed by atoms with E-state index in [0.29, 0.717) is 51.7 Å². The lowest BCUT2D eigenvalue weighted by Crippen LogP contribution is -2.47. The highest BCUT2D eigenvalue weighted by Gasteiger charge is 2.43. The smallest absolute Gasteiger partial charge is 0.374 e. The molecule has 0 unspecified atom stereocenters. The van der Waals surface area contributed by atoms with Crippen molar-refractivity contribution in [2.75, 3.05) is 52.9 Å². The van der Waals surface area contributed by atoms with Gasteiger partial charge in [-0.3, -0.25) is 0 Å². The zero-order chi connectivity index (χ0) is 21.3. The summed E-state index contributed by atoms with van der Waals surface area (Å²) in [5, 5.41) is 0. The highest BCUT2D eigenvalue weighted by Crippen LogP contribution is 2.28. The molecular weight excluding hydrogens is 423 g/mol. The lowest BCUT2D eigenvalue weighted by molar-refractivity contribution is 0.0658. The fourth-order valence-corrected chi connectivity index (χ4v) is 8.14. The van der Waals surface area contributed by atoms with Gasteiger partial charge < -0.3 is 26.6 Å². The van der Waals surface area contributed by atoms with Crippen LogP contribution in [0.4, 0.5) is 0 Å². The first kappa shape index (κ1) is 28.2. The van der Waals surface area contributed by atoms with Crippen LogP contribution in [0.15, 0.2) is 0 Å². The van der Waals surface area contributed by atoms with E-state index in [0.717, 1.165) is 0 Å². The summed E-state index contributed by atoms with van der Waals surface area (Å²) in [5.74, 6) is 0. The normalized spacial score (nSPS) is 12.5. The maximum Gasteiger partial charge on any atom is 0.697 e. The van der Waals surface area contributed by atoms with Crippen LogP contribution < -0.4 is 0 Å². The largest absolute Gasteiger partial charge is 0.697 e. The molecule has 12 heteroatoms. The summed E-state index contributed by atoms with van der Waals surface area (Å²) in [6.45, 7) is 14.5. The molecule has 9 nitrogen and oxygen atoms in total. The van der Waals surface area contributed by atoms with E-state index in [2.05, 4.69) is 0 Å². The molecule has 0 aliphatic rings. The van der Waals surface area contributed by atoms with Gasteiger partial charge in [-0.15, -0.1) is 9.05 Å². The summed E-state index contributed by atoms with van der Waals surface area (Å²) in [6, 6.07) is 0.810. The van der Waals surface area contributed by atoms with E-state index in [1.807, 2.05) is 41.5 Å². The van der Waals surface area contributed by atoms with Crippen LogP contribution in [0, 0.1) is 0 Å². The molecule has 0 N–H and O–H groups in total. The maximum atomic E-state index is 12.1. The minimum absolute atomic E-state index is 0.159. The minimum atomic E-state index is -2.82. The molecular formula is C16H38O9PSi2+. The second-order valence-corrected chi connectivity index (χ2v) is 11.8. The van der Waals surface area contributed by atoms with E-state index in [-0.39, 0.29) is 13.2 Å². The number of hydrogen-bond acceptors (Lipinski definition) is 9. The Hall–Kier alpha value is 0.214. The third-order valence-corrected chi connectivity index (χ3v) is 10.2. The van der Waals surface area contributed by atoms with Gasteiger partial charge in [0, 0.05) is 56.3 Å². The minimum Gasteiger partial charge on any atom is -0.374 e. The van der Waals surface area contributed by atoms with Crippen molar-refractivity contribution >= 4 is 25.9 Å². The van der Waals surface area contributed by atoms with Crippen molar-refractivity contribution in [2.24, 2.45) is 0 Å². The van der Waals surface area contributed by atoms with Crippen molar-refractivity contribution in [3.05, 3.63) is 0 Å². The SMILES string of the molecule is CCO[Si](CCO[P+](=O)OCC[Si](OCC)(OCC)OCC)(OCC)OCC. The van der Waals surface area contributed by atoms with Crippen molar-refractivity contribution in [2.45, 2.75) is 53.6 Å². The van der Waals surface area contributed by atoms with Crippen LogP contribution in [-0.4, -0.2) is 70.5 Å². The van der Waals surface area contributed by atoms with Crippen LogP contribution in [0.3, 0.4) is 0 Å². The zero-order valence-electron chi connectivity index (χ0n) is 18.2. The third kappa shape index (κ3) is 11.4. The molecule has 0 amide bonds. The molecule has 168 valence electrons. The van der Waals surface area contributed by atoms with Crippen LogP contribution in [-0.2, 0) is 40.2 Å². The maximum absolute atomic E-state index is 12.1. The molecule has 0 atom stereocenters. The van der Waals surface area contributed by atoms with Crippen LogP contribution in [0.5, 0.6) is 0 Å². The lowest BCUT2D eigenvalue weighted by atomic mass is 10.9. The monoisotopic (exact) mass is 461 g/mol. The van der Waals surface area contributed by atoms with Crippen LogP contribution >= 0.6 is 8.25 Å². The fraction of sp³-hybridized carbons (Fsp3) is 1.00. The van der Waals surface area contributed by atoms with Crippen molar-refractivity contribution in [1.82, 2.24) is 0 Å². The van der Waals surface area contributed by atoms with E-state index >= 15 is 0 Å². The van der Waals surface area contributed by atoms with Crippen molar-refractivity contribution < 1.29 is 40.2 Å². The Bertz CT molecular complexity index is 336. The number of hydrogen-bond donors (Lipinski definition) is 0. The van der Waals surface area contributed by atoms with Crippen LogP contribution in [0.25, 0.3) is 0 Å². The Morgan fingerprint density at radius 1 is 0.536 bits per heavy atom. The van der Waals surface area contributed by atoms with E-state index in [1.165, 1.54) is 0 Å². The van der Waals surface area contributed by atoms with Gasteiger partial charge in [0.1, 0.15) is 13.2 Å². The molecule has 28 heavy (non-hydrogen) atoms. The Morgan fingerprint density at radius 2 is 0.786 bits per heavy atom. The summed E-state index contributed by atoms with van der Waals surface area (Å²) in [7, 11) is -7.92. The average Bonchev–Trinajstić information content (AvgIpc) is 2.63. The predicted octanol–water partition coefficient (Wildman–Crippen LogP) is 3.77. The predicted molar refractivity (Wildman–Crippen MR) is 110 cm³/mol. The van der Waals surface area contributed by atoms with Gasteiger partial charge in [0.05, 0.1) is 0 Å². The Morgan fingerprint density at radius 3 is 1.00 bits per heavy atom. The Balaban J connectivity index is 4.48. The molecule has 0 saturated carbocycles. The van der Waals surface area contributed by atoms with Crippen LogP contribution in [0.1, 0.15) is 41.5 Å². The van der Waals surface area contributed by atoms with Gasteiger partial charge in [0.25, 0.3) is 0 Å². The van der Waals surface area contributed by atoms with Gasteiger partial charge in [-0.25, -0.2) is 0 Å². The van der Waals surface area contributed by atoms with Crippen molar-refractivity contribution in [1.29, 1.82) is 0 Å². The lowest BCUT2D eigenvalue weighted by Gasteiger charge is -2.27. The molecule has 0 aliphatic carbocycles. The number of rotatable bonds is 20. The third-order valence-electron chi connectivity index (χ3n) is 3.40. The molecule has 0 bridgehead atoms. The quantitative estimate of drug-likeness (QED) is 0.198. The molecule has 0 aromatic carbocycles. The van der Waals surface area contributed by atoms with Gasteiger partial charge in [0.2, 0.25) is 0 Å². The highest BCUT2D eigenvalue weighted by atomic mass is 31.1. The molecule has 0 aliphatic heterocycles. The Kier molecular flexibility index (Phi) is 17.1. The topological polar surface area (TPSA) is 90.9 Å². The second kappa shape index (κ2) is 17.0. The second-order valence-electron chi connectivity index (χ2n) is 5.35. The first-order chi connectivity index (χ1) is 13.5. The van der Waals surface area contributed by atoms with E-state index in [4.69, 9.17) is 35.6 Å². The van der Waals surface area contributed by atoms with Gasteiger partial charge in [-0.05, 0) is 41.5 Å². The van der Waals surface area contributed by atoms with Gasteiger partial charge in [-0.2, -0.15) is 0 Å². The summed E-state index contributed by atoms with van der Waals surface area (Å²) in [6.07, 6.45) is 0. The van der Waals surface area contributed by atoms with E-state index in [1.54, 1.807) is 0 Å². The first-order valence-electron chi connectivity index (χ1n) is 10.0. The molecule has 0 aromatic rings. The van der Waals surface area contributed by atoms with Gasteiger partial charge in [0.15, 0.2) is 0 Å². The molecule has 0 rings (SSSR count). The fourth-order valence-electron chi connectivity index (χ4n) is 2.53. The molecule has 0 aromatic heterocycles. The van der Waals surface area contributed by atoms with Gasteiger partial charge >= 0.3 is 25.9 Å². The van der Waals surface area contributed by atoms with Crippen molar-refractivity contribution in [3.8, 4) is 0 Å². The molecule has 0 spiro atoms. The molecule has 0 fully saturated rings. The molecule has 0 heterocycles. The summed E-state index contributed by atoms with van der Waals surface area (Å²) >= 11 is 0. The highest BCUT2D eigenvalue weighted by molar-refractivity contribution is 7.33. The molecule has 0 radical (unpaired) electrons. The van der Waals surface area contributed by atoms with Crippen molar-refractivity contribution in [3.63, 3.8) is 0 Å². The van der Waals surface area contributed by atoms with E-state index < -0.39 is 25.9 Å². The van der Waals surface area contributed by atoms with Gasteiger partial charge in [-0.1, -0.05) is 0 Å². The summed E-state index contributed by atoms with van der Waals surface area (Å²) < 4.78 is 57.1. The Labute approximate surface area is 173 Å². The summed E-state index contributed by atoms with van der Waals surface area (Å²) in [5.41, 5.74) is 0.